The molecule has 1 fully saturated rings. The summed E-state index contributed by atoms with van der Waals surface area (Å²) >= 11 is 0. The van der Waals surface area contributed by atoms with E-state index < -0.39 is 6.04 Å². The van der Waals surface area contributed by atoms with Crippen molar-refractivity contribution in [3.8, 4) is 23.0 Å². The second-order valence-electron chi connectivity index (χ2n) is 7.49. The SMILES string of the molecule is O/N=C1\C(=C\c2ccc3c(c2)OCO3)CCCC1C(NO)c1ccc2c(c1)OCO2. The van der Waals surface area contributed by atoms with Crippen LogP contribution in [0.25, 0.3) is 6.08 Å². The quantitative estimate of drug-likeness (QED) is 0.519. The predicted octanol–water partition coefficient (Wildman–Crippen LogP) is 3.88. The first-order valence-corrected chi connectivity index (χ1v) is 9.88. The molecule has 30 heavy (non-hydrogen) atoms. The van der Waals surface area contributed by atoms with Gasteiger partial charge in [-0.1, -0.05) is 17.3 Å². The van der Waals surface area contributed by atoms with Crippen molar-refractivity contribution in [1.82, 2.24) is 5.48 Å². The molecule has 0 saturated heterocycles. The number of nitrogens with one attached hydrogen (secondary N) is 1. The highest BCUT2D eigenvalue weighted by atomic mass is 16.7. The molecule has 0 aromatic heterocycles. The molecule has 1 saturated carbocycles. The van der Waals surface area contributed by atoms with Gasteiger partial charge in [0.1, 0.15) is 0 Å². The van der Waals surface area contributed by atoms with Gasteiger partial charge in [-0.3, -0.25) is 0 Å². The Balaban J connectivity index is 1.45. The molecule has 2 atom stereocenters. The van der Waals surface area contributed by atoms with E-state index in [2.05, 4.69) is 10.6 Å². The minimum absolute atomic E-state index is 0.186. The van der Waals surface area contributed by atoms with Crippen molar-refractivity contribution in [1.29, 1.82) is 0 Å². The van der Waals surface area contributed by atoms with Crippen molar-refractivity contribution in [2.24, 2.45) is 11.1 Å². The zero-order valence-electron chi connectivity index (χ0n) is 16.2. The van der Waals surface area contributed by atoms with E-state index in [9.17, 15) is 10.4 Å². The Kier molecular flexibility index (Phi) is 4.94. The summed E-state index contributed by atoms with van der Waals surface area (Å²) < 4.78 is 21.7. The maximum atomic E-state index is 9.97. The predicted molar refractivity (Wildman–Crippen MR) is 107 cm³/mol. The molecule has 0 spiro atoms. The zero-order chi connectivity index (χ0) is 20.5. The normalized spacial score (nSPS) is 23.2. The summed E-state index contributed by atoms with van der Waals surface area (Å²) in [4.78, 5) is 0. The lowest BCUT2D eigenvalue weighted by atomic mass is 9.77. The monoisotopic (exact) mass is 410 g/mol. The average molecular weight is 410 g/mol. The number of hydrogen-bond donors (Lipinski definition) is 3. The molecule has 0 amide bonds. The van der Waals surface area contributed by atoms with Crippen LogP contribution in [-0.2, 0) is 0 Å². The van der Waals surface area contributed by atoms with E-state index in [4.69, 9.17) is 18.9 Å². The molecule has 8 nitrogen and oxygen atoms in total. The summed E-state index contributed by atoms with van der Waals surface area (Å²) in [6.45, 7) is 0.408. The molecule has 156 valence electrons. The molecule has 5 rings (SSSR count). The fourth-order valence-electron chi connectivity index (χ4n) is 4.33. The van der Waals surface area contributed by atoms with Gasteiger partial charge >= 0.3 is 0 Å². The van der Waals surface area contributed by atoms with Crippen molar-refractivity contribution in [3.63, 3.8) is 0 Å². The summed E-state index contributed by atoms with van der Waals surface area (Å²) in [7, 11) is 0. The summed E-state index contributed by atoms with van der Waals surface area (Å²) in [6.07, 6.45) is 4.45. The molecule has 2 heterocycles. The van der Waals surface area contributed by atoms with Gasteiger partial charge in [0.05, 0.1) is 11.8 Å². The summed E-state index contributed by atoms with van der Waals surface area (Å²) in [6, 6.07) is 10.8. The summed E-state index contributed by atoms with van der Waals surface area (Å²) in [5.41, 5.74) is 5.66. The highest BCUT2D eigenvalue weighted by Gasteiger charge is 2.33. The number of nitrogens with zero attached hydrogens (tertiary/aromatic N) is 1. The van der Waals surface area contributed by atoms with Crippen molar-refractivity contribution in [3.05, 3.63) is 53.1 Å². The second kappa shape index (κ2) is 7.89. The number of hydroxylamine groups is 1. The first kappa shape index (κ1) is 18.8. The Bertz CT molecular complexity index is 1020. The molecular formula is C22H22N2O6. The highest BCUT2D eigenvalue weighted by molar-refractivity contribution is 6.06. The zero-order valence-corrected chi connectivity index (χ0v) is 16.2. The molecule has 3 N–H and O–H groups in total. The third-order valence-electron chi connectivity index (χ3n) is 5.78. The number of benzene rings is 2. The second-order valence-corrected chi connectivity index (χ2v) is 7.49. The van der Waals surface area contributed by atoms with Crippen LogP contribution in [0.2, 0.25) is 0 Å². The lowest BCUT2D eigenvalue weighted by Crippen LogP contribution is -2.34. The Morgan fingerprint density at radius 3 is 2.40 bits per heavy atom. The van der Waals surface area contributed by atoms with Crippen LogP contribution >= 0.6 is 0 Å². The van der Waals surface area contributed by atoms with Gasteiger partial charge in [-0.2, -0.15) is 5.48 Å². The first-order valence-electron chi connectivity index (χ1n) is 9.88. The molecule has 1 aliphatic carbocycles. The number of hydrogen-bond acceptors (Lipinski definition) is 8. The van der Waals surface area contributed by atoms with E-state index in [0.29, 0.717) is 23.0 Å². The molecule has 2 aliphatic heterocycles. The maximum Gasteiger partial charge on any atom is 0.231 e. The average Bonchev–Trinajstić information content (AvgIpc) is 3.43. The van der Waals surface area contributed by atoms with Gasteiger partial charge in [-0.05, 0) is 66.3 Å². The highest BCUT2D eigenvalue weighted by Crippen LogP contribution is 2.40. The smallest absolute Gasteiger partial charge is 0.231 e. The van der Waals surface area contributed by atoms with Crippen LogP contribution in [0.1, 0.15) is 36.4 Å². The fraction of sp³-hybridized carbons (Fsp3) is 0.318. The Labute approximate surface area is 173 Å². The third kappa shape index (κ3) is 3.34. The number of oxime groups is 1. The lowest BCUT2D eigenvalue weighted by Gasteiger charge is -2.31. The van der Waals surface area contributed by atoms with E-state index in [-0.39, 0.29) is 19.5 Å². The number of rotatable bonds is 4. The Morgan fingerprint density at radius 1 is 0.967 bits per heavy atom. The van der Waals surface area contributed by atoms with Gasteiger partial charge in [-0.25, -0.2) is 0 Å². The van der Waals surface area contributed by atoms with Crippen LogP contribution in [0, 0.1) is 5.92 Å². The number of ether oxygens (including phenoxy) is 4. The first-order chi connectivity index (χ1) is 14.8. The van der Waals surface area contributed by atoms with E-state index in [1.165, 1.54) is 0 Å². The van der Waals surface area contributed by atoms with Crippen molar-refractivity contribution >= 4 is 11.8 Å². The van der Waals surface area contributed by atoms with E-state index in [0.717, 1.165) is 41.7 Å². The molecule has 2 aromatic carbocycles. The maximum absolute atomic E-state index is 9.97. The van der Waals surface area contributed by atoms with E-state index in [1.807, 2.05) is 42.5 Å². The van der Waals surface area contributed by atoms with Gasteiger partial charge in [0.15, 0.2) is 23.0 Å². The summed E-state index contributed by atoms with van der Waals surface area (Å²) in [5, 5.41) is 23.5. The van der Waals surface area contributed by atoms with Gasteiger partial charge in [0, 0.05) is 5.92 Å². The van der Waals surface area contributed by atoms with Gasteiger partial charge < -0.3 is 29.4 Å². The van der Waals surface area contributed by atoms with Crippen LogP contribution < -0.4 is 24.4 Å². The van der Waals surface area contributed by atoms with Crippen molar-refractivity contribution < 1.29 is 29.4 Å². The Hall–Kier alpha value is -3.23. The van der Waals surface area contributed by atoms with Gasteiger partial charge in [0.2, 0.25) is 13.6 Å². The third-order valence-corrected chi connectivity index (χ3v) is 5.78. The summed E-state index contributed by atoms with van der Waals surface area (Å²) in [5.74, 6) is 2.53. The molecule has 8 heteroatoms. The van der Waals surface area contributed by atoms with E-state index in [1.54, 1.807) is 0 Å². The van der Waals surface area contributed by atoms with Crippen LogP contribution in [-0.4, -0.2) is 29.7 Å². The molecule has 0 radical (unpaired) electrons. The largest absolute Gasteiger partial charge is 0.454 e. The number of allylic oxidation sites excluding steroid dienone is 1. The minimum atomic E-state index is -0.453. The van der Waals surface area contributed by atoms with E-state index >= 15 is 0 Å². The van der Waals surface area contributed by atoms with Gasteiger partial charge in [0.25, 0.3) is 0 Å². The van der Waals surface area contributed by atoms with Crippen LogP contribution in [0.4, 0.5) is 0 Å². The van der Waals surface area contributed by atoms with Crippen molar-refractivity contribution in [2.45, 2.75) is 25.3 Å². The standard InChI is InChI=1S/C22H22N2O6/c25-23-21-14(8-13-4-6-17-19(9-13)29-11-27-17)2-1-3-16(21)22(24-26)15-5-7-18-20(10-15)30-12-28-18/h4-10,16,22,24-26H,1-3,11-12H2/b14-8+,23-21+. The molecule has 0 bridgehead atoms. The fourth-order valence-corrected chi connectivity index (χ4v) is 4.33. The number of fused-ring (bicyclic) bond motifs is 2. The topological polar surface area (TPSA) is 102 Å². The van der Waals surface area contributed by atoms with Crippen LogP contribution in [0.15, 0.2) is 47.1 Å². The van der Waals surface area contributed by atoms with Crippen LogP contribution in [0.5, 0.6) is 23.0 Å². The molecule has 2 aromatic rings. The Morgan fingerprint density at radius 2 is 1.67 bits per heavy atom. The molecular weight excluding hydrogens is 388 g/mol. The van der Waals surface area contributed by atoms with Crippen molar-refractivity contribution in [2.75, 3.05) is 13.6 Å². The van der Waals surface area contributed by atoms with Crippen LogP contribution in [0.3, 0.4) is 0 Å². The molecule has 2 unspecified atom stereocenters. The molecule has 3 aliphatic rings. The van der Waals surface area contributed by atoms with Gasteiger partial charge in [-0.15, -0.1) is 0 Å². The lowest BCUT2D eigenvalue weighted by molar-refractivity contribution is 0.106. The minimum Gasteiger partial charge on any atom is -0.454 e.